The Hall–Kier alpha value is -1.93. The number of hydrogen-bond acceptors (Lipinski definition) is 5. The first-order valence-corrected chi connectivity index (χ1v) is 7.52. The molecule has 1 amide bonds. The summed E-state index contributed by atoms with van der Waals surface area (Å²) in [5, 5.41) is 8.89. The number of nitrogens with zero attached hydrogens (tertiary/aromatic N) is 1. The number of carbonyl (C=O) groups excluding carboxylic acids is 1. The number of hydrogen-bond donors (Lipinski definition) is 2. The number of amides is 1. The lowest BCUT2D eigenvalue weighted by atomic mass is 10.1. The summed E-state index contributed by atoms with van der Waals surface area (Å²) in [5.41, 5.74) is 5.61. The van der Waals surface area contributed by atoms with Gasteiger partial charge in [0, 0.05) is 0 Å². The van der Waals surface area contributed by atoms with Gasteiger partial charge in [0.25, 0.3) is 0 Å². The third kappa shape index (κ3) is 2.81. The van der Waals surface area contributed by atoms with E-state index in [1.807, 2.05) is 0 Å². The lowest BCUT2D eigenvalue weighted by Crippen LogP contribution is -2.40. The van der Waals surface area contributed by atoms with Gasteiger partial charge in [-0.1, -0.05) is 18.2 Å². The lowest BCUT2D eigenvalue weighted by Gasteiger charge is -2.25. The lowest BCUT2D eigenvalue weighted by molar-refractivity contribution is -0.139. The molecule has 0 saturated heterocycles. The highest BCUT2D eigenvalue weighted by atomic mass is 32.2. The van der Waals surface area contributed by atoms with Gasteiger partial charge < -0.3 is 10.8 Å². The number of carboxylic acid groups (broad SMARTS) is 1. The van der Waals surface area contributed by atoms with Crippen molar-refractivity contribution >= 4 is 21.7 Å². The highest BCUT2D eigenvalue weighted by Crippen LogP contribution is 2.36. The smallest absolute Gasteiger partial charge is 0.317 e. The predicted octanol–water partition coefficient (Wildman–Crippen LogP) is -0.613. The van der Waals surface area contributed by atoms with Crippen LogP contribution in [-0.2, 0) is 19.4 Å². The average molecular weight is 298 g/mol. The standard InChI is InChI=1S/C12H14N2O5S/c13-11(15)5-14(6-12(16)17)9-7-20(18,19)10-4-2-1-3-8(9)10/h1-4,9H,5-7H2,(H2,13,15)(H,16,17). The fourth-order valence-electron chi connectivity index (χ4n) is 2.38. The second kappa shape index (κ2) is 5.22. The van der Waals surface area contributed by atoms with Crippen molar-refractivity contribution < 1.29 is 23.1 Å². The van der Waals surface area contributed by atoms with Crippen molar-refractivity contribution in [3.63, 3.8) is 0 Å². The zero-order valence-electron chi connectivity index (χ0n) is 10.5. The van der Waals surface area contributed by atoms with Crippen molar-refractivity contribution in [2.24, 2.45) is 5.73 Å². The maximum Gasteiger partial charge on any atom is 0.317 e. The van der Waals surface area contributed by atoms with Gasteiger partial charge in [-0.2, -0.15) is 0 Å². The van der Waals surface area contributed by atoms with Crippen LogP contribution in [0.1, 0.15) is 11.6 Å². The van der Waals surface area contributed by atoms with Gasteiger partial charge in [-0.25, -0.2) is 8.42 Å². The molecule has 0 aliphatic carbocycles. The highest BCUT2D eigenvalue weighted by Gasteiger charge is 2.38. The van der Waals surface area contributed by atoms with Crippen LogP contribution in [0, 0.1) is 0 Å². The number of aliphatic carboxylic acids is 1. The minimum Gasteiger partial charge on any atom is -0.480 e. The second-order valence-electron chi connectivity index (χ2n) is 4.60. The summed E-state index contributed by atoms with van der Waals surface area (Å²) in [5.74, 6) is -2.09. The van der Waals surface area contributed by atoms with Crippen LogP contribution in [0.15, 0.2) is 29.2 Å². The largest absolute Gasteiger partial charge is 0.480 e. The third-order valence-electron chi connectivity index (χ3n) is 3.13. The van der Waals surface area contributed by atoms with E-state index in [4.69, 9.17) is 10.8 Å². The van der Waals surface area contributed by atoms with E-state index in [2.05, 4.69) is 0 Å². The molecule has 0 saturated carbocycles. The van der Waals surface area contributed by atoms with E-state index in [0.29, 0.717) is 5.56 Å². The van der Waals surface area contributed by atoms with Crippen LogP contribution in [0.25, 0.3) is 0 Å². The minimum absolute atomic E-state index is 0.185. The molecule has 0 aromatic heterocycles. The van der Waals surface area contributed by atoms with Gasteiger partial charge in [0.05, 0.1) is 29.8 Å². The van der Waals surface area contributed by atoms with Crippen LogP contribution in [-0.4, -0.2) is 49.1 Å². The van der Waals surface area contributed by atoms with Crippen LogP contribution in [0.3, 0.4) is 0 Å². The van der Waals surface area contributed by atoms with Crippen molar-refractivity contribution in [2.75, 3.05) is 18.8 Å². The Morgan fingerprint density at radius 2 is 1.95 bits per heavy atom. The molecule has 1 aromatic rings. The SMILES string of the molecule is NC(=O)CN(CC(=O)O)C1CS(=O)(=O)c2ccccc21. The number of carbonyl (C=O) groups is 2. The molecule has 1 aliphatic heterocycles. The summed E-state index contributed by atoms with van der Waals surface area (Å²) in [6.07, 6.45) is 0. The first kappa shape index (κ1) is 14.5. The van der Waals surface area contributed by atoms with Gasteiger partial charge in [-0.05, 0) is 11.6 Å². The number of sulfone groups is 1. The summed E-state index contributed by atoms with van der Waals surface area (Å²) in [4.78, 5) is 23.4. The molecule has 1 aromatic carbocycles. The van der Waals surface area contributed by atoms with Gasteiger partial charge in [0.2, 0.25) is 5.91 Å². The Balaban J connectivity index is 2.40. The molecule has 1 unspecified atom stereocenters. The zero-order chi connectivity index (χ0) is 14.9. The normalized spacial score (nSPS) is 19.8. The van der Waals surface area contributed by atoms with Crippen LogP contribution < -0.4 is 5.73 Å². The van der Waals surface area contributed by atoms with E-state index in [-0.39, 0.29) is 17.2 Å². The van der Waals surface area contributed by atoms with Crippen molar-refractivity contribution in [3.05, 3.63) is 29.8 Å². The molecular weight excluding hydrogens is 284 g/mol. The Morgan fingerprint density at radius 1 is 1.30 bits per heavy atom. The third-order valence-corrected chi connectivity index (χ3v) is 4.92. The van der Waals surface area contributed by atoms with Gasteiger partial charge in [-0.3, -0.25) is 14.5 Å². The van der Waals surface area contributed by atoms with Crippen molar-refractivity contribution in [3.8, 4) is 0 Å². The molecule has 3 N–H and O–H groups in total. The Bertz CT molecular complexity index is 640. The Morgan fingerprint density at radius 3 is 2.55 bits per heavy atom. The molecule has 8 heteroatoms. The number of carboxylic acids is 1. The Kier molecular flexibility index (Phi) is 3.78. The first-order valence-electron chi connectivity index (χ1n) is 5.87. The van der Waals surface area contributed by atoms with E-state index in [1.54, 1.807) is 18.2 Å². The molecule has 1 heterocycles. The monoisotopic (exact) mass is 298 g/mol. The summed E-state index contributed by atoms with van der Waals surface area (Å²) < 4.78 is 24.1. The van der Waals surface area contributed by atoms with Crippen molar-refractivity contribution in [1.82, 2.24) is 4.90 Å². The maximum atomic E-state index is 12.0. The topological polar surface area (TPSA) is 118 Å². The van der Waals surface area contributed by atoms with E-state index in [1.165, 1.54) is 11.0 Å². The fraction of sp³-hybridized carbons (Fsp3) is 0.333. The van der Waals surface area contributed by atoms with Crippen LogP contribution in [0.4, 0.5) is 0 Å². The molecule has 1 aliphatic rings. The molecule has 7 nitrogen and oxygen atoms in total. The number of benzene rings is 1. The molecule has 0 spiro atoms. The average Bonchev–Trinajstić information content (AvgIpc) is 2.60. The number of primary amides is 1. The van der Waals surface area contributed by atoms with Gasteiger partial charge in [0.1, 0.15) is 0 Å². The summed E-state index contributed by atoms with van der Waals surface area (Å²) in [7, 11) is -3.46. The van der Waals surface area contributed by atoms with Crippen LogP contribution >= 0.6 is 0 Å². The number of rotatable bonds is 5. The second-order valence-corrected chi connectivity index (χ2v) is 6.60. The van der Waals surface area contributed by atoms with Crippen LogP contribution in [0.2, 0.25) is 0 Å². The van der Waals surface area contributed by atoms with E-state index < -0.39 is 34.3 Å². The molecule has 108 valence electrons. The molecule has 20 heavy (non-hydrogen) atoms. The van der Waals surface area contributed by atoms with Crippen molar-refractivity contribution in [1.29, 1.82) is 0 Å². The molecular formula is C12H14N2O5S. The molecule has 0 bridgehead atoms. The van der Waals surface area contributed by atoms with Gasteiger partial charge >= 0.3 is 5.97 Å². The zero-order valence-corrected chi connectivity index (χ0v) is 11.3. The molecule has 1 atom stereocenters. The first-order chi connectivity index (χ1) is 9.31. The van der Waals surface area contributed by atoms with E-state index >= 15 is 0 Å². The summed E-state index contributed by atoms with van der Waals surface area (Å²) in [6, 6.07) is 5.72. The van der Waals surface area contributed by atoms with Crippen molar-refractivity contribution in [2.45, 2.75) is 10.9 Å². The molecule has 2 rings (SSSR count). The van der Waals surface area contributed by atoms with E-state index in [9.17, 15) is 18.0 Å². The quantitative estimate of drug-likeness (QED) is 0.748. The maximum absolute atomic E-state index is 12.0. The Labute approximate surface area is 115 Å². The summed E-state index contributed by atoms with van der Waals surface area (Å²) in [6.45, 7) is -0.752. The van der Waals surface area contributed by atoms with E-state index in [0.717, 1.165) is 0 Å². The molecule has 0 fully saturated rings. The number of nitrogens with two attached hydrogens (primary N) is 1. The van der Waals surface area contributed by atoms with Gasteiger partial charge in [0.15, 0.2) is 9.84 Å². The van der Waals surface area contributed by atoms with Crippen LogP contribution in [0.5, 0.6) is 0 Å². The predicted molar refractivity (Wildman–Crippen MR) is 69.6 cm³/mol. The highest BCUT2D eigenvalue weighted by molar-refractivity contribution is 7.91. The number of fused-ring (bicyclic) bond motifs is 1. The fourth-order valence-corrected chi connectivity index (χ4v) is 4.21. The summed E-state index contributed by atoms with van der Waals surface area (Å²) >= 11 is 0. The molecule has 0 radical (unpaired) electrons. The minimum atomic E-state index is -3.46. The van der Waals surface area contributed by atoms with Gasteiger partial charge in [-0.15, -0.1) is 0 Å².